The van der Waals surface area contributed by atoms with Crippen molar-refractivity contribution >= 4 is 29.6 Å². The fraction of sp³-hybridized carbons (Fsp3) is 0.400. The summed E-state index contributed by atoms with van der Waals surface area (Å²) in [6, 6.07) is 6.20. The van der Waals surface area contributed by atoms with Gasteiger partial charge in [0.15, 0.2) is 0 Å². The molecule has 1 saturated heterocycles. The molecule has 1 aromatic carbocycles. The first-order valence-electron chi connectivity index (χ1n) is 12.0. The van der Waals surface area contributed by atoms with Gasteiger partial charge in [-0.1, -0.05) is 30.3 Å². The van der Waals surface area contributed by atoms with E-state index in [0.29, 0.717) is 5.56 Å². The van der Waals surface area contributed by atoms with Gasteiger partial charge in [0, 0.05) is 6.20 Å². The maximum absolute atomic E-state index is 13.2. The van der Waals surface area contributed by atoms with Crippen LogP contribution in [-0.2, 0) is 23.9 Å². The summed E-state index contributed by atoms with van der Waals surface area (Å²) in [7, 11) is 0. The molecule has 2 heterocycles. The third-order valence-corrected chi connectivity index (χ3v) is 5.97. The number of amides is 4. The number of H-pyrrole nitrogens is 1. The van der Waals surface area contributed by atoms with Crippen LogP contribution >= 0.6 is 0 Å². The predicted molar refractivity (Wildman–Crippen MR) is 132 cm³/mol. The van der Waals surface area contributed by atoms with Crippen molar-refractivity contribution in [3.8, 4) is 0 Å². The van der Waals surface area contributed by atoms with Crippen molar-refractivity contribution in [1.82, 2.24) is 26.3 Å². The van der Waals surface area contributed by atoms with Gasteiger partial charge in [-0.3, -0.25) is 19.2 Å². The summed E-state index contributed by atoms with van der Waals surface area (Å²) in [4.78, 5) is 67.3. The lowest BCUT2D eigenvalue weighted by molar-refractivity contribution is -0.137. The van der Waals surface area contributed by atoms with Crippen LogP contribution in [-0.4, -0.2) is 81.7 Å². The van der Waals surface area contributed by atoms with E-state index in [1.54, 1.807) is 36.4 Å². The summed E-state index contributed by atoms with van der Waals surface area (Å²) in [5, 5.41) is 29.9. The van der Waals surface area contributed by atoms with Crippen molar-refractivity contribution in [3.63, 3.8) is 0 Å². The summed E-state index contributed by atoms with van der Waals surface area (Å²) >= 11 is 0. The molecule has 1 fully saturated rings. The number of carbonyl (C=O) groups is 5. The number of carbonyl (C=O) groups excluding carboxylic acids is 5. The smallest absolute Gasteiger partial charge is 0.355 e. The van der Waals surface area contributed by atoms with Gasteiger partial charge in [0.1, 0.15) is 29.9 Å². The van der Waals surface area contributed by atoms with Crippen LogP contribution in [0.1, 0.15) is 42.4 Å². The molecule has 7 N–H and O–H groups in total. The Balaban J connectivity index is 1.93. The molecule has 0 saturated carbocycles. The second kappa shape index (κ2) is 12.8. The lowest BCUT2D eigenvalue weighted by Gasteiger charge is -2.28. The average molecular weight is 530 g/mol. The zero-order chi connectivity index (χ0) is 27.8. The van der Waals surface area contributed by atoms with E-state index >= 15 is 0 Å². The number of ether oxygens (including phenoxy) is 1. The zero-order valence-electron chi connectivity index (χ0n) is 20.8. The lowest BCUT2D eigenvalue weighted by Crippen LogP contribution is -2.61. The summed E-state index contributed by atoms with van der Waals surface area (Å²) in [5.74, 6) is -4.12. The van der Waals surface area contributed by atoms with Gasteiger partial charge in [-0.2, -0.15) is 0 Å². The summed E-state index contributed by atoms with van der Waals surface area (Å²) in [6.45, 7) is 1.84. The molecule has 38 heavy (non-hydrogen) atoms. The molecule has 0 spiro atoms. The number of hydrogen-bond donors (Lipinski definition) is 7. The van der Waals surface area contributed by atoms with Crippen molar-refractivity contribution in [3.05, 3.63) is 59.9 Å². The Hall–Kier alpha value is -4.23. The first kappa shape index (κ1) is 28.3. The van der Waals surface area contributed by atoms with E-state index in [9.17, 15) is 34.2 Å². The Labute approximate surface area is 218 Å². The van der Waals surface area contributed by atoms with Gasteiger partial charge >= 0.3 is 5.97 Å². The number of aromatic amines is 1. The van der Waals surface area contributed by atoms with Gasteiger partial charge < -0.3 is 41.2 Å². The van der Waals surface area contributed by atoms with Gasteiger partial charge in [0.2, 0.25) is 23.6 Å². The minimum atomic E-state index is -1.55. The number of aliphatic hydroxyl groups excluding tert-OH is 2. The monoisotopic (exact) mass is 529 g/mol. The fourth-order valence-corrected chi connectivity index (χ4v) is 3.89. The first-order chi connectivity index (χ1) is 18.1. The van der Waals surface area contributed by atoms with Crippen LogP contribution < -0.4 is 21.3 Å². The van der Waals surface area contributed by atoms with Crippen LogP contribution in [0.5, 0.6) is 0 Å². The Morgan fingerprint density at radius 2 is 1.61 bits per heavy atom. The first-order valence-corrected chi connectivity index (χ1v) is 12.0. The maximum atomic E-state index is 13.2. The quantitative estimate of drug-likeness (QED) is 0.223. The summed E-state index contributed by atoms with van der Waals surface area (Å²) < 4.78 is 5.33. The van der Waals surface area contributed by atoms with Gasteiger partial charge in [-0.25, -0.2) is 4.79 Å². The highest BCUT2D eigenvalue weighted by Gasteiger charge is 2.37. The molecular weight excluding hydrogens is 498 g/mol. The van der Waals surface area contributed by atoms with Crippen molar-refractivity contribution in [2.24, 2.45) is 0 Å². The molecule has 3 rings (SSSR count). The molecule has 1 aliphatic rings. The average Bonchev–Trinajstić information content (AvgIpc) is 3.43. The van der Waals surface area contributed by atoms with E-state index in [1.807, 2.05) is 0 Å². The van der Waals surface area contributed by atoms with Gasteiger partial charge in [0.05, 0.1) is 25.2 Å². The maximum Gasteiger partial charge on any atom is 0.355 e. The number of aliphatic hydroxyl groups is 2. The second-order valence-electron chi connectivity index (χ2n) is 8.89. The Kier molecular flexibility index (Phi) is 9.57. The van der Waals surface area contributed by atoms with Crippen molar-refractivity contribution in [1.29, 1.82) is 0 Å². The Morgan fingerprint density at radius 3 is 2.21 bits per heavy atom. The third kappa shape index (κ3) is 7.17. The number of hydrogen-bond acceptors (Lipinski definition) is 8. The zero-order valence-corrected chi connectivity index (χ0v) is 20.8. The highest BCUT2D eigenvalue weighted by molar-refractivity contribution is 5.96. The molecule has 0 aliphatic carbocycles. The van der Waals surface area contributed by atoms with Crippen molar-refractivity contribution in [2.75, 3.05) is 6.61 Å². The Morgan fingerprint density at radius 1 is 0.921 bits per heavy atom. The largest absolute Gasteiger partial charge is 0.455 e. The van der Waals surface area contributed by atoms with E-state index in [0.717, 1.165) is 0 Å². The molecule has 13 heteroatoms. The van der Waals surface area contributed by atoms with Crippen LogP contribution in [0.25, 0.3) is 0 Å². The molecular formula is C25H31N5O8. The summed E-state index contributed by atoms with van der Waals surface area (Å²) in [6.07, 6.45) is -1.42. The SMILES string of the molecule is CC(O)C1NC(=O)CC(c2ccccc2)NC(=O)C(CO)NC(=O)C(C(C)OC(=O)c2ccc[nH]2)NC1=O. The molecule has 1 aromatic heterocycles. The van der Waals surface area contributed by atoms with Gasteiger partial charge in [0.25, 0.3) is 0 Å². The minimum absolute atomic E-state index is 0.0990. The van der Waals surface area contributed by atoms with E-state index in [2.05, 4.69) is 26.3 Å². The number of aromatic nitrogens is 1. The highest BCUT2D eigenvalue weighted by Crippen LogP contribution is 2.18. The predicted octanol–water partition coefficient (Wildman–Crippen LogP) is -1.35. The van der Waals surface area contributed by atoms with Crippen molar-refractivity contribution in [2.45, 2.75) is 56.6 Å². The Bertz CT molecular complexity index is 1140. The normalized spacial score (nSPS) is 24.7. The third-order valence-electron chi connectivity index (χ3n) is 5.97. The molecule has 13 nitrogen and oxygen atoms in total. The van der Waals surface area contributed by atoms with E-state index in [-0.39, 0.29) is 12.1 Å². The van der Waals surface area contributed by atoms with Gasteiger partial charge in [-0.05, 0) is 31.5 Å². The molecule has 4 amide bonds. The molecule has 0 radical (unpaired) electrons. The number of nitrogens with one attached hydrogen (secondary N) is 5. The fourth-order valence-electron chi connectivity index (χ4n) is 3.89. The van der Waals surface area contributed by atoms with Crippen LogP contribution in [0, 0.1) is 0 Å². The number of rotatable bonds is 6. The molecule has 6 unspecified atom stereocenters. The van der Waals surface area contributed by atoms with Crippen molar-refractivity contribution < 1.29 is 38.9 Å². The molecule has 0 bridgehead atoms. The van der Waals surface area contributed by atoms with E-state index < -0.39 is 72.6 Å². The number of benzene rings is 1. The molecule has 204 valence electrons. The van der Waals surface area contributed by atoms with Gasteiger partial charge in [-0.15, -0.1) is 0 Å². The summed E-state index contributed by atoms with van der Waals surface area (Å²) in [5.41, 5.74) is 0.663. The minimum Gasteiger partial charge on any atom is -0.455 e. The van der Waals surface area contributed by atoms with E-state index in [4.69, 9.17) is 4.74 Å². The lowest BCUT2D eigenvalue weighted by atomic mass is 10.0. The van der Waals surface area contributed by atoms with Crippen LogP contribution in [0.2, 0.25) is 0 Å². The van der Waals surface area contributed by atoms with E-state index in [1.165, 1.54) is 26.1 Å². The molecule has 2 aromatic rings. The van der Waals surface area contributed by atoms with Crippen LogP contribution in [0.3, 0.4) is 0 Å². The highest BCUT2D eigenvalue weighted by atomic mass is 16.5. The topological polar surface area (TPSA) is 199 Å². The molecule has 1 aliphatic heterocycles. The van der Waals surface area contributed by atoms with Crippen LogP contribution in [0.4, 0.5) is 0 Å². The molecule has 6 atom stereocenters. The number of esters is 1. The van der Waals surface area contributed by atoms with Crippen LogP contribution in [0.15, 0.2) is 48.7 Å². The standard InChI is InChI=1S/C25H31N5O8/c1-13(32)20-23(35)30-21(14(2)38-25(37)16-9-6-10-26-16)24(36)28-18(12-31)22(34)27-17(11-19(33)29-20)15-7-4-3-5-8-15/h3-10,13-14,17-18,20-21,26,31-32H,11-12H2,1-2H3,(H,27,34)(H,28,36)(H,29,33)(H,30,35). The second-order valence-corrected chi connectivity index (χ2v) is 8.89.